The van der Waals surface area contributed by atoms with Gasteiger partial charge in [-0.3, -0.25) is 9.97 Å². The van der Waals surface area contributed by atoms with Crippen LogP contribution in [0, 0.1) is 36.8 Å². The van der Waals surface area contributed by atoms with Crippen LogP contribution in [0.5, 0.6) is 0 Å². The van der Waals surface area contributed by atoms with Crippen molar-refractivity contribution in [3.8, 4) is 12.4 Å². The maximum atomic E-state index is 12.0. The first-order valence-corrected chi connectivity index (χ1v) is 12.4. The highest BCUT2D eigenvalue weighted by atomic mass is 32.2. The summed E-state index contributed by atoms with van der Waals surface area (Å²) in [5, 5.41) is 16.9. The Labute approximate surface area is 176 Å². The lowest BCUT2D eigenvalue weighted by Crippen LogP contribution is -2.07. The van der Waals surface area contributed by atoms with Crippen molar-refractivity contribution in [2.24, 2.45) is 8.73 Å². The van der Waals surface area contributed by atoms with E-state index in [1.54, 1.807) is 19.3 Å². The topological polar surface area (TPSA) is 115 Å². The predicted molar refractivity (Wildman–Crippen MR) is 118 cm³/mol. The average Bonchev–Trinajstić information content (AvgIpc) is 2.69. The largest absolute Gasteiger partial charge is 0.261 e. The highest BCUT2D eigenvalue weighted by Crippen LogP contribution is 2.22. The molecule has 0 spiro atoms. The van der Waals surface area contributed by atoms with E-state index >= 15 is 0 Å². The molecule has 154 valence electrons. The summed E-state index contributed by atoms with van der Waals surface area (Å²) >= 11 is 0. The van der Waals surface area contributed by atoms with Crippen molar-refractivity contribution in [1.82, 2.24) is 9.97 Å². The number of aromatic nitrogens is 2. The number of rotatable bonds is 4. The molecule has 0 bridgehead atoms. The summed E-state index contributed by atoms with van der Waals surface area (Å²) in [5.74, 6) is 0. The van der Waals surface area contributed by atoms with Crippen LogP contribution in [-0.2, 0) is 20.4 Å². The summed E-state index contributed by atoms with van der Waals surface area (Å²) in [6, 6.07) is 7.75. The number of hydrogen-bond acceptors (Lipinski definition) is 7. The molecular formula is C20H26N6OS2. The number of aryl methyl sites for hydroxylation is 2. The van der Waals surface area contributed by atoms with Gasteiger partial charge in [-0.2, -0.15) is 14.9 Å². The summed E-state index contributed by atoms with van der Waals surface area (Å²) in [6.45, 7) is 7.70. The molecule has 0 N–H and O–H groups in total. The molecule has 4 unspecified atom stereocenters. The minimum Gasteiger partial charge on any atom is -0.261 e. The third-order valence-electron chi connectivity index (χ3n) is 4.38. The summed E-state index contributed by atoms with van der Waals surface area (Å²) in [7, 11) is -2.75. The van der Waals surface area contributed by atoms with Gasteiger partial charge in [0, 0.05) is 35.3 Å². The van der Waals surface area contributed by atoms with E-state index in [4.69, 9.17) is 10.5 Å². The summed E-state index contributed by atoms with van der Waals surface area (Å²) in [6.07, 6.45) is 10.4. The molecule has 2 rings (SSSR count). The van der Waals surface area contributed by atoms with Crippen LogP contribution in [-0.4, -0.2) is 26.7 Å². The fourth-order valence-corrected chi connectivity index (χ4v) is 3.98. The molecule has 2 aromatic rings. The third-order valence-corrected chi connectivity index (χ3v) is 8.08. The lowest BCUT2D eigenvalue weighted by atomic mass is 10.2. The highest BCUT2D eigenvalue weighted by molar-refractivity contribution is 7.93. The van der Waals surface area contributed by atoms with Gasteiger partial charge in [-0.25, -0.2) is 4.21 Å². The second-order valence-electron chi connectivity index (χ2n) is 6.52. The van der Waals surface area contributed by atoms with Crippen molar-refractivity contribution < 1.29 is 4.21 Å². The van der Waals surface area contributed by atoms with E-state index in [0.717, 1.165) is 22.5 Å². The molecule has 0 fully saturated rings. The monoisotopic (exact) mass is 430 g/mol. The zero-order chi connectivity index (χ0) is 22.0. The van der Waals surface area contributed by atoms with Gasteiger partial charge in [0.1, 0.15) is 0 Å². The number of pyridine rings is 2. The second kappa shape index (κ2) is 11.4. The molecule has 7 nitrogen and oxygen atoms in total. The molecule has 0 saturated carbocycles. The van der Waals surface area contributed by atoms with Crippen LogP contribution in [0.2, 0.25) is 0 Å². The van der Waals surface area contributed by atoms with Crippen LogP contribution < -0.4 is 0 Å². The van der Waals surface area contributed by atoms with E-state index in [9.17, 15) is 4.21 Å². The van der Waals surface area contributed by atoms with E-state index in [-0.39, 0.29) is 21.2 Å². The molecule has 0 amide bonds. The lowest BCUT2D eigenvalue weighted by Gasteiger charge is -2.12. The summed E-state index contributed by atoms with van der Waals surface area (Å²) in [4.78, 5) is 8.35. The van der Waals surface area contributed by atoms with Crippen LogP contribution in [0.4, 0.5) is 0 Å². The van der Waals surface area contributed by atoms with Crippen LogP contribution in [0.3, 0.4) is 0 Å². The third kappa shape index (κ3) is 7.72. The summed E-state index contributed by atoms with van der Waals surface area (Å²) in [5.41, 5.74) is 3.90. The van der Waals surface area contributed by atoms with Crippen LogP contribution in [0.25, 0.3) is 0 Å². The maximum absolute atomic E-state index is 12.0. The Bertz CT molecular complexity index is 1040. The van der Waals surface area contributed by atoms with Crippen molar-refractivity contribution in [2.75, 3.05) is 12.5 Å². The van der Waals surface area contributed by atoms with Gasteiger partial charge in [-0.1, -0.05) is 22.8 Å². The fraction of sp³-hybridized carbons (Fsp3) is 0.400. The van der Waals surface area contributed by atoms with Gasteiger partial charge in [0.25, 0.3) is 0 Å². The molecule has 0 aliphatic rings. The van der Waals surface area contributed by atoms with Gasteiger partial charge in [0.05, 0.1) is 15.0 Å². The Kier molecular flexibility index (Phi) is 9.60. The lowest BCUT2D eigenvalue weighted by molar-refractivity contribution is 0.673. The molecular weight excluding hydrogens is 404 g/mol. The van der Waals surface area contributed by atoms with E-state index < -0.39 is 9.73 Å². The molecule has 0 aliphatic heterocycles. The Morgan fingerprint density at radius 2 is 1.52 bits per heavy atom. The summed E-state index contributed by atoms with van der Waals surface area (Å²) < 4.78 is 19.2. The van der Waals surface area contributed by atoms with E-state index in [0.29, 0.717) is 0 Å². The second-order valence-corrected chi connectivity index (χ2v) is 11.1. The molecule has 0 aliphatic carbocycles. The minimum atomic E-state index is -2.50. The smallest absolute Gasteiger partial charge is 0.214 e. The van der Waals surface area contributed by atoms with Crippen molar-refractivity contribution in [3.05, 3.63) is 59.2 Å². The first-order chi connectivity index (χ1) is 13.6. The molecule has 2 heterocycles. The average molecular weight is 431 g/mol. The molecule has 0 radical (unpaired) electrons. The zero-order valence-corrected chi connectivity index (χ0v) is 19.2. The minimum absolute atomic E-state index is 0.248. The standard InChI is InChI=1S/C10H13N3OS.C10H13N3S/c1-8-4-5-10(6-12-8)9(2)15(3,14)13-7-11;1-8-4-5-10(6-12-8)9(2)14(3)13-7-11/h4-6,9H,1-3H3;4-6,9H,1-3H3. The van der Waals surface area contributed by atoms with Gasteiger partial charge in [-0.05, 0) is 57.2 Å². The Balaban J connectivity index is 0.000000291. The highest BCUT2D eigenvalue weighted by Gasteiger charge is 2.16. The maximum Gasteiger partial charge on any atom is 0.214 e. The number of hydrogen-bond donors (Lipinski definition) is 0. The van der Waals surface area contributed by atoms with E-state index in [1.807, 2.05) is 56.8 Å². The van der Waals surface area contributed by atoms with Crippen molar-refractivity contribution >= 4 is 20.4 Å². The van der Waals surface area contributed by atoms with Crippen molar-refractivity contribution in [1.29, 1.82) is 10.5 Å². The quantitative estimate of drug-likeness (QED) is 0.667. The Morgan fingerprint density at radius 1 is 1.00 bits per heavy atom. The normalized spacial score (nSPS) is 15.4. The first-order valence-electron chi connectivity index (χ1n) is 8.81. The van der Waals surface area contributed by atoms with E-state index in [2.05, 4.69) is 25.6 Å². The number of nitrogens with zero attached hydrogens (tertiary/aromatic N) is 6. The molecule has 9 heteroatoms. The Morgan fingerprint density at radius 3 is 1.93 bits per heavy atom. The molecule has 0 saturated heterocycles. The first kappa shape index (κ1) is 24.4. The number of nitriles is 2. The molecule has 4 atom stereocenters. The van der Waals surface area contributed by atoms with E-state index in [1.165, 1.54) is 6.26 Å². The molecule has 0 aromatic carbocycles. The molecule has 2 aromatic heterocycles. The van der Waals surface area contributed by atoms with Gasteiger partial charge in [-0.15, -0.1) is 4.36 Å². The molecule has 29 heavy (non-hydrogen) atoms. The van der Waals surface area contributed by atoms with Crippen LogP contribution >= 0.6 is 0 Å². The van der Waals surface area contributed by atoms with Gasteiger partial charge < -0.3 is 0 Å². The Hall–Kier alpha value is -2.62. The van der Waals surface area contributed by atoms with Crippen LogP contribution in [0.1, 0.15) is 46.9 Å². The van der Waals surface area contributed by atoms with Crippen molar-refractivity contribution in [3.63, 3.8) is 0 Å². The van der Waals surface area contributed by atoms with Gasteiger partial charge in [0.2, 0.25) is 12.4 Å². The SMILES string of the molecule is Cc1ccc(C(C)S(C)(=O)=NC#N)cn1.Cc1ccc(C(C)S(C)=NC#N)cn1. The van der Waals surface area contributed by atoms with Gasteiger partial charge >= 0.3 is 0 Å². The van der Waals surface area contributed by atoms with Crippen molar-refractivity contribution in [2.45, 2.75) is 38.2 Å². The fourth-order valence-electron chi connectivity index (χ4n) is 2.19. The zero-order valence-electron chi connectivity index (χ0n) is 17.5. The van der Waals surface area contributed by atoms with Gasteiger partial charge in [0.15, 0.2) is 0 Å². The predicted octanol–water partition coefficient (Wildman–Crippen LogP) is 4.39. The van der Waals surface area contributed by atoms with Crippen LogP contribution in [0.15, 0.2) is 45.4 Å².